The summed E-state index contributed by atoms with van der Waals surface area (Å²) in [4.78, 5) is 24.5. The Bertz CT molecular complexity index is 518. The number of hydrogen-bond donors (Lipinski definition) is 2. The molecule has 1 aliphatic carbocycles. The lowest BCUT2D eigenvalue weighted by molar-refractivity contribution is -0.144. The molecule has 1 unspecified atom stereocenters. The second kappa shape index (κ2) is 8.67. The molecule has 0 heterocycles. The maximum atomic E-state index is 12.6. The van der Waals surface area contributed by atoms with Crippen molar-refractivity contribution < 1.29 is 14.3 Å². The summed E-state index contributed by atoms with van der Waals surface area (Å²) in [5, 5.41) is 3.03. The number of amides is 1. The van der Waals surface area contributed by atoms with Gasteiger partial charge in [0.05, 0.1) is 19.1 Å². The van der Waals surface area contributed by atoms with Gasteiger partial charge in [0.25, 0.3) is 0 Å². The first-order valence-corrected chi connectivity index (χ1v) is 8.36. The van der Waals surface area contributed by atoms with Crippen LogP contribution < -0.4 is 11.1 Å². The Morgan fingerprint density at radius 2 is 2.04 bits per heavy atom. The minimum absolute atomic E-state index is 0.00361. The van der Waals surface area contributed by atoms with Crippen LogP contribution in [0.25, 0.3) is 0 Å². The smallest absolute Gasteiger partial charge is 0.308 e. The zero-order chi connectivity index (χ0) is 16.7. The number of carbonyl (C=O) groups is 2. The maximum Gasteiger partial charge on any atom is 0.308 e. The fourth-order valence-corrected chi connectivity index (χ4v) is 3.27. The van der Waals surface area contributed by atoms with Gasteiger partial charge in [-0.05, 0) is 37.8 Å². The summed E-state index contributed by atoms with van der Waals surface area (Å²) >= 11 is 0. The third-order valence-electron chi connectivity index (χ3n) is 4.49. The maximum absolute atomic E-state index is 12.6. The van der Waals surface area contributed by atoms with Crippen molar-refractivity contribution in [2.75, 3.05) is 13.2 Å². The van der Waals surface area contributed by atoms with E-state index in [1.165, 1.54) is 0 Å². The number of hydrogen-bond acceptors (Lipinski definition) is 4. The quantitative estimate of drug-likeness (QED) is 0.755. The first-order valence-electron chi connectivity index (χ1n) is 8.36. The highest BCUT2D eigenvalue weighted by Crippen LogP contribution is 2.32. The van der Waals surface area contributed by atoms with Gasteiger partial charge in [0, 0.05) is 5.92 Å². The molecule has 0 radical (unpaired) electrons. The average Bonchev–Trinajstić information content (AvgIpc) is 3.04. The van der Waals surface area contributed by atoms with Crippen molar-refractivity contribution in [3.63, 3.8) is 0 Å². The Kier molecular flexibility index (Phi) is 6.59. The lowest BCUT2D eigenvalue weighted by Gasteiger charge is -2.23. The van der Waals surface area contributed by atoms with E-state index in [1.807, 2.05) is 30.3 Å². The summed E-state index contributed by atoms with van der Waals surface area (Å²) in [5.74, 6) is -0.109. The highest BCUT2D eigenvalue weighted by atomic mass is 16.5. The van der Waals surface area contributed by atoms with Crippen LogP contribution in [0.5, 0.6) is 0 Å². The Hall–Kier alpha value is -1.88. The van der Waals surface area contributed by atoms with Gasteiger partial charge >= 0.3 is 5.97 Å². The Morgan fingerprint density at radius 1 is 1.30 bits per heavy atom. The third kappa shape index (κ3) is 4.79. The number of rotatable bonds is 7. The van der Waals surface area contributed by atoms with E-state index < -0.39 is 0 Å². The molecular weight excluding hydrogens is 292 g/mol. The fraction of sp³-hybridized carbons (Fsp3) is 0.556. The van der Waals surface area contributed by atoms with Gasteiger partial charge in [-0.25, -0.2) is 0 Å². The molecule has 3 atom stereocenters. The molecule has 1 fully saturated rings. The van der Waals surface area contributed by atoms with Crippen molar-refractivity contribution in [2.45, 2.75) is 38.6 Å². The van der Waals surface area contributed by atoms with Crippen molar-refractivity contribution >= 4 is 11.9 Å². The predicted molar refractivity (Wildman–Crippen MR) is 88.5 cm³/mol. The van der Waals surface area contributed by atoms with Gasteiger partial charge in [-0.2, -0.15) is 0 Å². The Labute approximate surface area is 137 Å². The van der Waals surface area contributed by atoms with Gasteiger partial charge in [-0.15, -0.1) is 0 Å². The van der Waals surface area contributed by atoms with Crippen LogP contribution >= 0.6 is 0 Å². The first-order chi connectivity index (χ1) is 11.2. The molecule has 0 saturated heterocycles. The summed E-state index contributed by atoms with van der Waals surface area (Å²) < 4.78 is 5.03. The minimum Gasteiger partial charge on any atom is -0.466 e. The molecule has 1 aliphatic rings. The topological polar surface area (TPSA) is 81.4 Å². The second-order valence-electron chi connectivity index (χ2n) is 6.01. The van der Waals surface area contributed by atoms with Crippen LogP contribution in [0.1, 0.15) is 44.2 Å². The largest absolute Gasteiger partial charge is 0.466 e. The van der Waals surface area contributed by atoms with Crippen LogP contribution in [0.4, 0.5) is 0 Å². The van der Waals surface area contributed by atoms with Crippen molar-refractivity contribution in [1.82, 2.24) is 5.32 Å². The van der Waals surface area contributed by atoms with Gasteiger partial charge in [0.2, 0.25) is 5.91 Å². The SMILES string of the molecule is CCOC(=O)CC(NC(=O)[C@@H]1CCC[C@@H]1CN)c1ccccc1. The molecule has 5 heteroatoms. The molecule has 2 rings (SSSR count). The Balaban J connectivity index is 2.07. The van der Waals surface area contributed by atoms with Crippen molar-refractivity contribution in [3.05, 3.63) is 35.9 Å². The summed E-state index contributed by atoms with van der Waals surface area (Å²) in [6, 6.07) is 9.18. The van der Waals surface area contributed by atoms with Gasteiger partial charge in [-0.3, -0.25) is 9.59 Å². The highest BCUT2D eigenvalue weighted by molar-refractivity contribution is 5.80. The molecule has 0 spiro atoms. The highest BCUT2D eigenvalue weighted by Gasteiger charge is 2.33. The molecule has 1 saturated carbocycles. The molecule has 0 aromatic heterocycles. The number of esters is 1. The molecule has 1 aromatic carbocycles. The number of nitrogens with two attached hydrogens (primary N) is 1. The van der Waals surface area contributed by atoms with Crippen LogP contribution in [0.2, 0.25) is 0 Å². The molecule has 0 aliphatic heterocycles. The molecule has 3 N–H and O–H groups in total. The lowest BCUT2D eigenvalue weighted by Crippen LogP contribution is -2.38. The van der Waals surface area contributed by atoms with Crippen LogP contribution in [-0.4, -0.2) is 25.0 Å². The van der Waals surface area contributed by atoms with E-state index >= 15 is 0 Å². The number of benzene rings is 1. The van der Waals surface area contributed by atoms with Crippen LogP contribution in [0.3, 0.4) is 0 Å². The normalized spacial score (nSPS) is 21.7. The van der Waals surface area contributed by atoms with Gasteiger partial charge in [0.15, 0.2) is 0 Å². The predicted octanol–water partition coefficient (Wildman–Crippen LogP) is 2.17. The summed E-state index contributed by atoms with van der Waals surface area (Å²) in [6.45, 7) is 2.65. The molecular formula is C18H26N2O3. The van der Waals surface area contributed by atoms with Crippen molar-refractivity contribution in [2.24, 2.45) is 17.6 Å². The lowest BCUT2D eigenvalue weighted by atomic mass is 9.94. The fourth-order valence-electron chi connectivity index (χ4n) is 3.27. The third-order valence-corrected chi connectivity index (χ3v) is 4.49. The standard InChI is InChI=1S/C18H26N2O3/c1-2-23-17(21)11-16(13-7-4-3-5-8-13)20-18(22)15-10-6-9-14(15)12-19/h3-5,7-8,14-16H,2,6,9-12,19H2,1H3,(H,20,22)/t14-,15-,16?/m1/s1. The van der Waals surface area contributed by atoms with Gasteiger partial charge in [-0.1, -0.05) is 36.8 Å². The van der Waals surface area contributed by atoms with E-state index in [0.717, 1.165) is 24.8 Å². The number of carbonyl (C=O) groups excluding carboxylic acids is 2. The van der Waals surface area contributed by atoms with E-state index in [1.54, 1.807) is 6.92 Å². The number of ether oxygens (including phenoxy) is 1. The van der Waals surface area contributed by atoms with Gasteiger partial charge in [0.1, 0.15) is 0 Å². The first kappa shape index (κ1) is 17.5. The monoisotopic (exact) mass is 318 g/mol. The van der Waals surface area contributed by atoms with E-state index in [2.05, 4.69) is 5.32 Å². The van der Waals surface area contributed by atoms with Crippen LogP contribution in [0.15, 0.2) is 30.3 Å². The van der Waals surface area contributed by atoms with E-state index in [4.69, 9.17) is 10.5 Å². The summed E-state index contributed by atoms with van der Waals surface area (Å²) in [6.07, 6.45) is 3.05. The van der Waals surface area contributed by atoms with E-state index in [-0.39, 0.29) is 36.2 Å². The van der Waals surface area contributed by atoms with Crippen LogP contribution in [-0.2, 0) is 14.3 Å². The summed E-state index contributed by atoms with van der Waals surface area (Å²) in [7, 11) is 0. The molecule has 5 nitrogen and oxygen atoms in total. The van der Waals surface area contributed by atoms with E-state index in [9.17, 15) is 9.59 Å². The Morgan fingerprint density at radius 3 is 2.70 bits per heavy atom. The molecule has 23 heavy (non-hydrogen) atoms. The zero-order valence-corrected chi connectivity index (χ0v) is 13.7. The van der Waals surface area contributed by atoms with Gasteiger partial charge < -0.3 is 15.8 Å². The van der Waals surface area contributed by atoms with Crippen molar-refractivity contribution in [1.29, 1.82) is 0 Å². The molecule has 0 bridgehead atoms. The zero-order valence-electron chi connectivity index (χ0n) is 13.7. The summed E-state index contributed by atoms with van der Waals surface area (Å²) in [5.41, 5.74) is 6.68. The molecule has 1 amide bonds. The second-order valence-corrected chi connectivity index (χ2v) is 6.01. The average molecular weight is 318 g/mol. The molecule has 126 valence electrons. The van der Waals surface area contributed by atoms with Crippen LogP contribution in [0, 0.1) is 11.8 Å². The molecule has 1 aromatic rings. The van der Waals surface area contributed by atoms with Crippen molar-refractivity contribution in [3.8, 4) is 0 Å². The van der Waals surface area contributed by atoms with E-state index in [0.29, 0.717) is 13.2 Å². The minimum atomic E-state index is -0.359. The number of nitrogens with one attached hydrogen (secondary N) is 1.